The lowest BCUT2D eigenvalue weighted by molar-refractivity contribution is -0.117. The summed E-state index contributed by atoms with van der Waals surface area (Å²) in [6.45, 7) is -0.957. The average molecular weight is 521 g/mol. The van der Waals surface area contributed by atoms with E-state index in [4.69, 9.17) is 20.3 Å². The van der Waals surface area contributed by atoms with Crippen molar-refractivity contribution in [2.75, 3.05) is 12.5 Å². The lowest BCUT2D eigenvalue weighted by atomic mass is 10.1. The molecular weight excluding hydrogens is 503 g/mol. The number of amides is 1. The largest absolute Gasteiger partial charge is 0.479 e. The van der Waals surface area contributed by atoms with E-state index in [1.165, 1.54) is 0 Å². The van der Waals surface area contributed by atoms with E-state index >= 15 is 0 Å². The standard InChI is InChI=1S/C11H18N5O13P3/c12-11-14-8-5(9(19)15-11)13-2-16(8)10-7(18)6(17)4(28-10)1-27-32(25,26)29-31(23,24)3-30(20,21)22/h2,4-7,10,17-18H,1,3H2,(H,23,24)(H,25,26)(H2,12,15,19)(H2,20,21,22). The zero-order valence-electron chi connectivity index (χ0n) is 15.6. The van der Waals surface area contributed by atoms with Crippen LogP contribution in [-0.2, 0) is 32.1 Å². The molecule has 7 unspecified atom stereocenters. The van der Waals surface area contributed by atoms with Gasteiger partial charge in [0.2, 0.25) is 5.96 Å². The molecule has 3 aliphatic heterocycles. The first-order chi connectivity index (χ1) is 14.6. The van der Waals surface area contributed by atoms with E-state index in [2.05, 4.69) is 23.8 Å². The topological polar surface area (TPSA) is 284 Å². The Hall–Kier alpha value is -1.39. The summed E-state index contributed by atoms with van der Waals surface area (Å²) in [4.78, 5) is 60.4. The van der Waals surface area contributed by atoms with Crippen molar-refractivity contribution in [3.63, 3.8) is 0 Å². The van der Waals surface area contributed by atoms with Crippen LogP contribution < -0.4 is 5.73 Å². The number of carbonyl (C=O) groups excluding carboxylic acids is 1. The average Bonchev–Trinajstić information content (AvgIpc) is 3.12. The van der Waals surface area contributed by atoms with Gasteiger partial charge in [0.15, 0.2) is 24.0 Å². The molecule has 0 aromatic rings. The van der Waals surface area contributed by atoms with Gasteiger partial charge in [-0.1, -0.05) is 0 Å². The monoisotopic (exact) mass is 521 g/mol. The Balaban J connectivity index is 1.65. The number of aliphatic hydroxyl groups excluding tert-OH is 2. The van der Waals surface area contributed by atoms with Crippen molar-refractivity contribution < 1.29 is 61.8 Å². The first-order valence-corrected chi connectivity index (χ1v) is 13.5. The molecule has 18 nitrogen and oxygen atoms in total. The minimum absolute atomic E-state index is 0.0462. The highest BCUT2D eigenvalue weighted by Gasteiger charge is 2.50. The van der Waals surface area contributed by atoms with Crippen molar-refractivity contribution in [2.45, 2.75) is 30.6 Å². The third kappa shape index (κ3) is 5.75. The molecular formula is C11H18N5O13P3. The van der Waals surface area contributed by atoms with E-state index < -0.39 is 72.0 Å². The predicted octanol–water partition coefficient (Wildman–Crippen LogP) is -3.15. The van der Waals surface area contributed by atoms with E-state index in [9.17, 15) is 38.5 Å². The van der Waals surface area contributed by atoms with Crippen LogP contribution >= 0.6 is 23.0 Å². The number of aliphatic hydroxyl groups is 2. The van der Waals surface area contributed by atoms with Gasteiger partial charge in [0.1, 0.15) is 18.3 Å². The maximum atomic E-state index is 11.9. The molecule has 1 amide bonds. The Bertz CT molecular complexity index is 1020. The molecule has 180 valence electrons. The number of carbonyl (C=O) groups is 1. The molecule has 0 aliphatic carbocycles. The third-order valence-corrected chi connectivity index (χ3v) is 9.37. The summed E-state index contributed by atoms with van der Waals surface area (Å²) in [5, 5.41) is 20.5. The molecule has 0 bridgehead atoms. The number of amidine groups is 1. The molecule has 0 aromatic heterocycles. The highest BCUT2D eigenvalue weighted by atomic mass is 31.3. The number of nitrogens with zero attached hydrogens (tertiary/aromatic N) is 4. The van der Waals surface area contributed by atoms with Crippen LogP contribution in [0.4, 0.5) is 0 Å². The van der Waals surface area contributed by atoms with Crippen molar-refractivity contribution in [3.8, 4) is 0 Å². The quantitative estimate of drug-likeness (QED) is 0.155. The second kappa shape index (κ2) is 8.76. The Morgan fingerprint density at radius 3 is 2.41 bits per heavy atom. The van der Waals surface area contributed by atoms with Crippen molar-refractivity contribution in [1.29, 1.82) is 0 Å². The van der Waals surface area contributed by atoms with Gasteiger partial charge in [0.05, 0.1) is 12.9 Å². The molecule has 0 spiro atoms. The van der Waals surface area contributed by atoms with E-state index in [1.807, 2.05) is 0 Å². The maximum absolute atomic E-state index is 11.9. The van der Waals surface area contributed by atoms with Crippen LogP contribution in [0.1, 0.15) is 0 Å². The summed E-state index contributed by atoms with van der Waals surface area (Å²) in [7, 11) is -15.7. The number of phosphoric ester groups is 1. The van der Waals surface area contributed by atoms with Crippen LogP contribution in [0.5, 0.6) is 0 Å². The number of hydrogen-bond donors (Lipinski definition) is 7. The minimum atomic E-state index is -5.35. The van der Waals surface area contributed by atoms with Gasteiger partial charge in [0.25, 0.3) is 5.91 Å². The Morgan fingerprint density at radius 2 is 1.78 bits per heavy atom. The number of rotatable bonds is 8. The number of phosphoric acid groups is 1. The first kappa shape index (κ1) is 25.2. The summed E-state index contributed by atoms with van der Waals surface area (Å²) < 4.78 is 48.1. The number of hydrogen-bond acceptors (Lipinski definition) is 13. The molecule has 7 atom stereocenters. The SMILES string of the molecule is NC1=NC(=O)C2N=CN(C3OC(COP(=O)(O)OP(=O)(O)CP(=O)(O)O)C(O)C3O)C2=N1. The number of fused-ring (bicyclic) bond motifs is 1. The van der Waals surface area contributed by atoms with E-state index in [-0.39, 0.29) is 11.8 Å². The van der Waals surface area contributed by atoms with E-state index in [1.54, 1.807) is 0 Å². The van der Waals surface area contributed by atoms with Crippen molar-refractivity contribution >= 4 is 47.1 Å². The molecule has 21 heteroatoms. The molecule has 1 fully saturated rings. The summed E-state index contributed by atoms with van der Waals surface area (Å²) in [6.07, 6.45) is -5.16. The fourth-order valence-corrected chi connectivity index (χ4v) is 7.27. The normalized spacial score (nSPS) is 34.0. The van der Waals surface area contributed by atoms with Crippen LogP contribution in [0.3, 0.4) is 0 Å². The highest BCUT2D eigenvalue weighted by Crippen LogP contribution is 2.65. The van der Waals surface area contributed by atoms with Crippen LogP contribution in [0, 0.1) is 0 Å². The van der Waals surface area contributed by atoms with Gasteiger partial charge in [-0.15, -0.1) is 0 Å². The van der Waals surface area contributed by atoms with Crippen molar-refractivity contribution in [3.05, 3.63) is 0 Å². The zero-order valence-corrected chi connectivity index (χ0v) is 18.3. The Labute approximate surface area is 178 Å². The van der Waals surface area contributed by atoms with Crippen LogP contribution in [0.2, 0.25) is 0 Å². The molecule has 0 saturated carbocycles. The van der Waals surface area contributed by atoms with Gasteiger partial charge >= 0.3 is 23.0 Å². The van der Waals surface area contributed by atoms with Gasteiger partial charge < -0.3 is 40.3 Å². The maximum Gasteiger partial charge on any atom is 0.479 e. The number of guanidine groups is 1. The molecule has 0 radical (unpaired) electrons. The zero-order chi connectivity index (χ0) is 24.1. The summed E-state index contributed by atoms with van der Waals surface area (Å²) in [5.74, 6) is -2.87. The number of nitrogens with two attached hydrogens (primary N) is 1. The summed E-state index contributed by atoms with van der Waals surface area (Å²) >= 11 is 0. The van der Waals surface area contributed by atoms with E-state index in [0.29, 0.717) is 0 Å². The second-order valence-electron chi connectivity index (χ2n) is 6.69. The molecule has 3 aliphatic rings. The second-order valence-corrected chi connectivity index (χ2v) is 12.3. The first-order valence-electron chi connectivity index (χ1n) is 8.43. The van der Waals surface area contributed by atoms with Crippen LogP contribution in [0.15, 0.2) is 15.0 Å². The lowest BCUT2D eigenvalue weighted by Crippen LogP contribution is -2.49. The van der Waals surface area contributed by atoms with Crippen LogP contribution in [0.25, 0.3) is 0 Å². The van der Waals surface area contributed by atoms with Crippen LogP contribution in [-0.4, -0.2) is 102 Å². The molecule has 8 N–H and O–H groups in total. The lowest BCUT2D eigenvalue weighted by Gasteiger charge is -2.27. The Kier molecular flexibility index (Phi) is 6.91. The highest BCUT2D eigenvalue weighted by molar-refractivity contribution is 7.73. The van der Waals surface area contributed by atoms with Crippen molar-refractivity contribution in [1.82, 2.24) is 4.90 Å². The summed E-state index contributed by atoms with van der Waals surface area (Å²) in [6, 6.07) is -1.13. The number of ether oxygens (including phenoxy) is 1. The molecule has 3 heterocycles. The third-order valence-electron chi connectivity index (χ3n) is 4.14. The smallest absolute Gasteiger partial charge is 0.387 e. The van der Waals surface area contributed by atoms with Gasteiger partial charge in [-0.25, -0.2) is 8.88 Å². The van der Waals surface area contributed by atoms with E-state index in [0.717, 1.165) is 11.2 Å². The molecule has 32 heavy (non-hydrogen) atoms. The molecule has 3 rings (SSSR count). The minimum Gasteiger partial charge on any atom is -0.387 e. The van der Waals surface area contributed by atoms with Crippen molar-refractivity contribution in [2.24, 2.45) is 20.7 Å². The molecule has 1 saturated heterocycles. The summed E-state index contributed by atoms with van der Waals surface area (Å²) in [5.41, 5.74) is 5.44. The Morgan fingerprint density at radius 1 is 1.12 bits per heavy atom. The fraction of sp³-hybridized carbons (Fsp3) is 0.636. The van der Waals surface area contributed by atoms with Gasteiger partial charge in [0, 0.05) is 0 Å². The van der Waals surface area contributed by atoms with Gasteiger partial charge in [-0.2, -0.15) is 9.98 Å². The fourth-order valence-electron chi connectivity index (χ4n) is 2.92. The predicted molar refractivity (Wildman–Crippen MR) is 102 cm³/mol. The van der Waals surface area contributed by atoms with Gasteiger partial charge in [-0.05, 0) is 0 Å². The molecule has 0 aromatic carbocycles. The van der Waals surface area contributed by atoms with Gasteiger partial charge in [-0.3, -0.25) is 28.3 Å². The number of aliphatic imine (C=N–C) groups is 3.